The van der Waals surface area contributed by atoms with Crippen LogP contribution in [-0.2, 0) is 23.3 Å². The Morgan fingerprint density at radius 3 is 2.88 bits per heavy atom. The molecule has 2 heterocycles. The fourth-order valence-corrected chi connectivity index (χ4v) is 4.18. The number of hydrogen-bond donors (Lipinski definition) is 1. The normalized spacial score (nSPS) is 22.1. The maximum Gasteiger partial charge on any atom is 0.325 e. The van der Waals surface area contributed by atoms with E-state index < -0.39 is 16.5 Å². The molecule has 0 saturated carbocycles. The van der Waals surface area contributed by atoms with Crippen molar-refractivity contribution in [3.05, 3.63) is 62.5 Å². The smallest absolute Gasteiger partial charge is 0.319 e. The van der Waals surface area contributed by atoms with Gasteiger partial charge < -0.3 is 5.32 Å². The van der Waals surface area contributed by atoms with Crippen LogP contribution in [0.4, 0.5) is 9.80 Å². The molecule has 0 bridgehead atoms. The van der Waals surface area contributed by atoms with Crippen LogP contribution in [0, 0.1) is 10.1 Å². The number of rotatable bonds is 3. The van der Waals surface area contributed by atoms with Gasteiger partial charge in [0.15, 0.2) is 0 Å². The van der Waals surface area contributed by atoms with Gasteiger partial charge in [0.05, 0.1) is 11.5 Å². The van der Waals surface area contributed by atoms with Gasteiger partial charge in [-0.3, -0.25) is 19.8 Å². The van der Waals surface area contributed by atoms with Crippen molar-refractivity contribution in [2.75, 3.05) is 0 Å². The van der Waals surface area contributed by atoms with Crippen LogP contribution >= 0.6 is 11.3 Å². The van der Waals surface area contributed by atoms with Crippen molar-refractivity contribution in [1.82, 2.24) is 10.2 Å². The first kappa shape index (κ1) is 14.8. The van der Waals surface area contributed by atoms with Gasteiger partial charge in [-0.05, 0) is 29.5 Å². The standard InChI is InChI=1S/C16H13N3O4S/c20-14-16(6-5-11-3-1-2-4-12(11)16)17-15(21)18(14)8-10-7-13(19(22)23)24-9-10/h1-4,7,9H,5-6,8H2,(H,17,21)/t16-/m0/s1. The zero-order chi connectivity index (χ0) is 16.9. The predicted molar refractivity (Wildman–Crippen MR) is 86.5 cm³/mol. The summed E-state index contributed by atoms with van der Waals surface area (Å²) in [6.45, 7) is 0.0406. The molecule has 4 rings (SSSR count). The van der Waals surface area contributed by atoms with Crippen LogP contribution < -0.4 is 5.32 Å². The van der Waals surface area contributed by atoms with Crippen molar-refractivity contribution >= 4 is 28.3 Å². The highest BCUT2D eigenvalue weighted by Gasteiger charge is 2.55. The minimum atomic E-state index is -0.990. The van der Waals surface area contributed by atoms with E-state index in [2.05, 4.69) is 5.32 Å². The van der Waals surface area contributed by atoms with E-state index in [-0.39, 0.29) is 17.5 Å². The van der Waals surface area contributed by atoms with Gasteiger partial charge in [-0.15, -0.1) is 0 Å². The van der Waals surface area contributed by atoms with Crippen molar-refractivity contribution < 1.29 is 14.5 Å². The van der Waals surface area contributed by atoms with E-state index in [1.807, 2.05) is 24.3 Å². The predicted octanol–water partition coefficient (Wildman–Crippen LogP) is 2.55. The number of imide groups is 1. The molecule has 2 aliphatic rings. The SMILES string of the molecule is O=C1N[C@]2(CCc3ccccc32)C(=O)N1Cc1csc([N+](=O)[O-])c1. The number of nitro groups is 1. The van der Waals surface area contributed by atoms with Gasteiger partial charge in [0.1, 0.15) is 5.54 Å². The first-order valence-corrected chi connectivity index (χ1v) is 8.33. The number of fused-ring (bicyclic) bond motifs is 2. The number of hydrogen-bond acceptors (Lipinski definition) is 5. The lowest BCUT2D eigenvalue weighted by Crippen LogP contribution is -2.41. The van der Waals surface area contributed by atoms with Gasteiger partial charge in [-0.2, -0.15) is 0 Å². The number of amides is 3. The van der Waals surface area contributed by atoms with Gasteiger partial charge >= 0.3 is 11.0 Å². The van der Waals surface area contributed by atoms with E-state index in [1.54, 1.807) is 5.38 Å². The fraction of sp³-hybridized carbons (Fsp3) is 0.250. The average Bonchev–Trinajstić information content (AvgIpc) is 3.23. The second kappa shape index (κ2) is 5.13. The molecule has 0 unspecified atom stereocenters. The molecule has 8 heteroatoms. The van der Waals surface area contributed by atoms with Crippen LogP contribution in [0.1, 0.15) is 23.1 Å². The van der Waals surface area contributed by atoms with Gasteiger partial charge in [-0.25, -0.2) is 4.79 Å². The quantitative estimate of drug-likeness (QED) is 0.526. The number of benzene rings is 1. The van der Waals surface area contributed by atoms with Crippen molar-refractivity contribution in [2.45, 2.75) is 24.9 Å². The molecule has 1 atom stereocenters. The number of aryl methyl sites for hydroxylation is 1. The Morgan fingerprint density at radius 1 is 1.33 bits per heavy atom. The Morgan fingerprint density at radius 2 is 2.12 bits per heavy atom. The van der Waals surface area contributed by atoms with E-state index >= 15 is 0 Å². The molecular weight excluding hydrogens is 330 g/mol. The number of carbonyl (C=O) groups excluding carboxylic acids is 2. The first-order chi connectivity index (χ1) is 11.5. The summed E-state index contributed by atoms with van der Waals surface area (Å²) in [4.78, 5) is 36.8. The second-order valence-corrected chi connectivity index (χ2v) is 6.82. The van der Waals surface area contributed by atoms with Gasteiger partial charge in [0.2, 0.25) is 0 Å². The summed E-state index contributed by atoms with van der Waals surface area (Å²) in [5.41, 5.74) is 1.51. The Kier molecular flexibility index (Phi) is 3.17. The molecule has 3 amide bonds. The highest BCUT2D eigenvalue weighted by molar-refractivity contribution is 7.13. The van der Waals surface area contributed by atoms with Crippen molar-refractivity contribution in [1.29, 1.82) is 0 Å². The third kappa shape index (κ3) is 2.03. The zero-order valence-corrected chi connectivity index (χ0v) is 13.3. The van der Waals surface area contributed by atoms with E-state index in [0.29, 0.717) is 12.0 Å². The molecule has 0 radical (unpaired) electrons. The lowest BCUT2D eigenvalue weighted by atomic mass is 9.92. The molecule has 122 valence electrons. The number of carbonyl (C=O) groups is 2. The van der Waals surface area contributed by atoms with Crippen LogP contribution in [0.3, 0.4) is 0 Å². The van der Waals surface area contributed by atoms with Crippen LogP contribution in [0.2, 0.25) is 0 Å². The second-order valence-electron chi connectivity index (χ2n) is 5.93. The summed E-state index contributed by atoms with van der Waals surface area (Å²) in [7, 11) is 0. The van der Waals surface area contributed by atoms with Crippen molar-refractivity contribution in [2.24, 2.45) is 0 Å². The van der Waals surface area contributed by atoms with Gasteiger partial charge in [0.25, 0.3) is 5.91 Å². The largest absolute Gasteiger partial charge is 0.325 e. The third-order valence-electron chi connectivity index (χ3n) is 4.58. The molecule has 1 aromatic carbocycles. The van der Waals surface area contributed by atoms with Gasteiger partial charge in [0, 0.05) is 11.4 Å². The summed E-state index contributed by atoms with van der Waals surface area (Å²) in [6.07, 6.45) is 1.27. The molecule has 1 spiro atoms. The summed E-state index contributed by atoms with van der Waals surface area (Å²) < 4.78 is 0. The molecule has 1 aliphatic heterocycles. The van der Waals surface area contributed by atoms with E-state index in [0.717, 1.165) is 33.8 Å². The monoisotopic (exact) mass is 343 g/mol. The summed E-state index contributed by atoms with van der Waals surface area (Å²) in [5, 5.41) is 15.2. The topological polar surface area (TPSA) is 92.6 Å². The van der Waals surface area contributed by atoms with Crippen molar-refractivity contribution in [3.63, 3.8) is 0 Å². The molecule has 2 aromatic rings. The summed E-state index contributed by atoms with van der Waals surface area (Å²) in [6, 6.07) is 8.56. The zero-order valence-electron chi connectivity index (χ0n) is 12.5. The van der Waals surface area contributed by atoms with Crippen LogP contribution in [0.5, 0.6) is 0 Å². The molecular formula is C16H13N3O4S. The highest BCUT2D eigenvalue weighted by Crippen LogP contribution is 2.41. The lowest BCUT2D eigenvalue weighted by Gasteiger charge is -2.22. The number of thiophene rings is 1. The minimum absolute atomic E-state index is 0.00187. The molecule has 24 heavy (non-hydrogen) atoms. The van der Waals surface area contributed by atoms with E-state index in [1.165, 1.54) is 6.07 Å². The molecule has 1 fully saturated rings. The van der Waals surface area contributed by atoms with Gasteiger partial charge in [-0.1, -0.05) is 35.6 Å². The molecule has 1 aromatic heterocycles. The Labute approximate surface area is 141 Å². The van der Waals surface area contributed by atoms with E-state index in [9.17, 15) is 19.7 Å². The lowest BCUT2D eigenvalue weighted by molar-refractivity contribution is -0.380. The maximum atomic E-state index is 13.0. The summed E-state index contributed by atoms with van der Waals surface area (Å²) >= 11 is 0.987. The van der Waals surface area contributed by atoms with Crippen molar-refractivity contribution in [3.8, 4) is 0 Å². The van der Waals surface area contributed by atoms with Crippen LogP contribution in [0.25, 0.3) is 0 Å². The third-order valence-corrected chi connectivity index (χ3v) is 5.51. The molecule has 1 saturated heterocycles. The molecule has 1 N–H and O–H groups in total. The Balaban J connectivity index is 1.64. The number of nitrogens with one attached hydrogen (secondary N) is 1. The number of urea groups is 1. The maximum absolute atomic E-state index is 13.0. The molecule has 7 nitrogen and oxygen atoms in total. The Hall–Kier alpha value is -2.74. The average molecular weight is 343 g/mol. The minimum Gasteiger partial charge on any atom is -0.319 e. The first-order valence-electron chi connectivity index (χ1n) is 7.45. The fourth-order valence-electron chi connectivity index (χ4n) is 3.46. The Bertz CT molecular complexity index is 878. The molecule has 1 aliphatic carbocycles. The van der Waals surface area contributed by atoms with Crippen LogP contribution in [-0.4, -0.2) is 21.8 Å². The summed E-state index contributed by atoms with van der Waals surface area (Å²) in [5.74, 6) is -0.286. The van der Waals surface area contributed by atoms with Crippen LogP contribution in [0.15, 0.2) is 35.7 Å². The van der Waals surface area contributed by atoms with E-state index in [4.69, 9.17) is 0 Å². The highest BCUT2D eigenvalue weighted by atomic mass is 32.1. The number of nitrogens with zero attached hydrogens (tertiary/aromatic N) is 2.